The summed E-state index contributed by atoms with van der Waals surface area (Å²) in [5, 5.41) is 17.5. The predicted molar refractivity (Wildman–Crippen MR) is 47.9 cm³/mol. The molecular formula is C8H5BrF2N2O. The first kappa shape index (κ1) is 10.9. The lowest BCUT2D eigenvalue weighted by Gasteiger charge is -2.05. The van der Waals surface area contributed by atoms with Crippen LogP contribution < -0.4 is 0 Å². The number of hydrogen-bond donors (Lipinski definition) is 1. The predicted octanol–water partition coefficient (Wildman–Crippen LogP) is 2.55. The number of halogens is 3. The molecule has 1 rings (SSSR count). The van der Waals surface area contributed by atoms with Gasteiger partial charge in [-0.3, -0.25) is 0 Å². The number of aromatic nitrogens is 1. The normalized spacial score (nSPS) is 10.2. The first-order valence-corrected chi connectivity index (χ1v) is 4.39. The average Bonchev–Trinajstić information content (AvgIpc) is 2.10. The summed E-state index contributed by atoms with van der Waals surface area (Å²) in [7, 11) is 0. The molecule has 0 unspecified atom stereocenters. The molecule has 0 atom stereocenters. The molecule has 0 amide bonds. The Bertz CT molecular complexity index is 390. The van der Waals surface area contributed by atoms with Crippen LogP contribution in [0.25, 0.3) is 0 Å². The van der Waals surface area contributed by atoms with E-state index in [0.29, 0.717) is 5.56 Å². The van der Waals surface area contributed by atoms with Crippen molar-refractivity contribution in [3.05, 3.63) is 21.9 Å². The molecule has 0 aromatic carbocycles. The molecule has 0 bridgehead atoms. The Hall–Kier alpha value is -1.22. The maximum Gasteiger partial charge on any atom is 0.284 e. The molecular weight excluding hydrogens is 258 g/mol. The Labute approximate surface area is 87.1 Å². The molecule has 74 valence electrons. The monoisotopic (exact) mass is 262 g/mol. The molecule has 0 saturated heterocycles. The number of nitriles is 1. The summed E-state index contributed by atoms with van der Waals surface area (Å²) in [4.78, 5) is 3.46. The number of nitrogens with zero attached hydrogens (tertiary/aromatic N) is 2. The first-order valence-electron chi connectivity index (χ1n) is 3.59. The van der Waals surface area contributed by atoms with Crippen molar-refractivity contribution in [2.45, 2.75) is 12.8 Å². The first-order chi connectivity index (χ1) is 6.56. The lowest BCUT2D eigenvalue weighted by molar-refractivity contribution is 0.141. The number of aromatic hydroxyl groups is 1. The number of rotatable bonds is 2. The molecule has 14 heavy (non-hydrogen) atoms. The van der Waals surface area contributed by atoms with Crippen LogP contribution in [-0.2, 0) is 6.42 Å². The summed E-state index contributed by atoms with van der Waals surface area (Å²) >= 11 is 2.94. The van der Waals surface area contributed by atoms with Gasteiger partial charge in [0.05, 0.1) is 12.5 Å². The highest BCUT2D eigenvalue weighted by Gasteiger charge is 2.17. The summed E-state index contributed by atoms with van der Waals surface area (Å²) in [5.74, 6) is -0.589. The molecule has 0 aliphatic heterocycles. The van der Waals surface area contributed by atoms with Gasteiger partial charge in [-0.2, -0.15) is 5.26 Å². The van der Waals surface area contributed by atoms with Gasteiger partial charge >= 0.3 is 0 Å². The van der Waals surface area contributed by atoms with Crippen molar-refractivity contribution in [1.82, 2.24) is 4.98 Å². The van der Waals surface area contributed by atoms with Crippen molar-refractivity contribution >= 4 is 15.9 Å². The highest BCUT2D eigenvalue weighted by Crippen LogP contribution is 2.30. The van der Waals surface area contributed by atoms with Crippen LogP contribution in [-0.4, -0.2) is 10.1 Å². The van der Waals surface area contributed by atoms with Crippen molar-refractivity contribution in [3.63, 3.8) is 0 Å². The molecule has 0 fully saturated rings. The Kier molecular flexibility index (Phi) is 3.36. The number of pyridine rings is 1. The highest BCUT2D eigenvalue weighted by atomic mass is 79.9. The fourth-order valence-corrected chi connectivity index (χ4v) is 1.35. The van der Waals surface area contributed by atoms with Crippen LogP contribution in [0.1, 0.15) is 17.7 Å². The van der Waals surface area contributed by atoms with Gasteiger partial charge in [0.25, 0.3) is 6.43 Å². The van der Waals surface area contributed by atoms with Crippen molar-refractivity contribution in [1.29, 1.82) is 5.26 Å². The third kappa shape index (κ3) is 2.17. The summed E-state index contributed by atoms with van der Waals surface area (Å²) in [6.07, 6.45) is -2.83. The summed E-state index contributed by atoms with van der Waals surface area (Å²) in [5.41, 5.74) is -0.298. The Morgan fingerprint density at radius 2 is 2.29 bits per heavy atom. The van der Waals surface area contributed by atoms with Crippen LogP contribution in [0.2, 0.25) is 0 Å². The second-order valence-electron chi connectivity index (χ2n) is 2.48. The van der Waals surface area contributed by atoms with E-state index in [1.165, 1.54) is 0 Å². The van der Waals surface area contributed by atoms with Gasteiger partial charge in [0.2, 0.25) is 0 Å². The molecule has 0 radical (unpaired) electrons. The molecule has 0 aliphatic rings. The second-order valence-corrected chi connectivity index (χ2v) is 3.23. The lowest BCUT2D eigenvalue weighted by atomic mass is 10.2. The van der Waals surface area contributed by atoms with Crippen molar-refractivity contribution in [3.8, 4) is 11.8 Å². The number of hydrogen-bond acceptors (Lipinski definition) is 3. The minimum Gasteiger partial charge on any atom is -0.506 e. The Morgan fingerprint density at radius 3 is 2.79 bits per heavy atom. The van der Waals surface area contributed by atoms with E-state index >= 15 is 0 Å². The third-order valence-electron chi connectivity index (χ3n) is 1.53. The highest BCUT2D eigenvalue weighted by molar-refractivity contribution is 9.10. The molecule has 6 heteroatoms. The SMILES string of the molecule is N#CCc1cc(O)c(C(F)F)nc1Br. The van der Waals surface area contributed by atoms with E-state index in [4.69, 9.17) is 10.4 Å². The van der Waals surface area contributed by atoms with E-state index < -0.39 is 17.9 Å². The molecule has 1 aromatic rings. The van der Waals surface area contributed by atoms with Crippen LogP contribution in [0, 0.1) is 11.3 Å². The maximum atomic E-state index is 12.2. The van der Waals surface area contributed by atoms with Gasteiger partial charge in [-0.1, -0.05) is 0 Å². The van der Waals surface area contributed by atoms with E-state index in [2.05, 4.69) is 20.9 Å². The maximum absolute atomic E-state index is 12.2. The molecule has 3 nitrogen and oxygen atoms in total. The van der Waals surface area contributed by atoms with E-state index in [1.807, 2.05) is 6.07 Å². The summed E-state index contributed by atoms with van der Waals surface area (Å²) in [6, 6.07) is 2.95. The minimum absolute atomic E-state index is 0.00462. The van der Waals surface area contributed by atoms with Gasteiger partial charge in [-0.25, -0.2) is 13.8 Å². The van der Waals surface area contributed by atoms with Gasteiger partial charge in [0.15, 0.2) is 0 Å². The fraction of sp³-hybridized carbons (Fsp3) is 0.250. The van der Waals surface area contributed by atoms with Crippen LogP contribution >= 0.6 is 15.9 Å². The smallest absolute Gasteiger partial charge is 0.284 e. The Morgan fingerprint density at radius 1 is 1.64 bits per heavy atom. The zero-order valence-corrected chi connectivity index (χ0v) is 8.42. The van der Waals surface area contributed by atoms with Crippen LogP contribution in [0.3, 0.4) is 0 Å². The zero-order chi connectivity index (χ0) is 10.7. The molecule has 0 spiro atoms. The quantitative estimate of drug-likeness (QED) is 0.834. The van der Waals surface area contributed by atoms with Gasteiger partial charge in [-0.05, 0) is 22.0 Å². The van der Waals surface area contributed by atoms with Gasteiger partial charge in [0, 0.05) is 5.56 Å². The Balaban J connectivity index is 3.18. The molecule has 1 N–H and O–H groups in total. The van der Waals surface area contributed by atoms with E-state index in [1.54, 1.807) is 0 Å². The van der Waals surface area contributed by atoms with E-state index in [-0.39, 0.29) is 11.0 Å². The zero-order valence-electron chi connectivity index (χ0n) is 6.84. The molecule has 0 saturated carbocycles. The van der Waals surface area contributed by atoms with Gasteiger partial charge in [-0.15, -0.1) is 0 Å². The van der Waals surface area contributed by atoms with E-state index in [0.717, 1.165) is 6.07 Å². The van der Waals surface area contributed by atoms with Crippen molar-refractivity contribution in [2.75, 3.05) is 0 Å². The van der Waals surface area contributed by atoms with Gasteiger partial charge < -0.3 is 5.11 Å². The van der Waals surface area contributed by atoms with Crippen LogP contribution in [0.4, 0.5) is 8.78 Å². The van der Waals surface area contributed by atoms with Crippen molar-refractivity contribution in [2.24, 2.45) is 0 Å². The van der Waals surface area contributed by atoms with Crippen LogP contribution in [0.15, 0.2) is 10.7 Å². The molecule has 1 aromatic heterocycles. The largest absolute Gasteiger partial charge is 0.506 e. The topological polar surface area (TPSA) is 56.9 Å². The number of alkyl halides is 2. The molecule has 0 aliphatic carbocycles. The third-order valence-corrected chi connectivity index (χ3v) is 2.22. The average molecular weight is 263 g/mol. The van der Waals surface area contributed by atoms with E-state index in [9.17, 15) is 8.78 Å². The summed E-state index contributed by atoms with van der Waals surface area (Å²) < 4.78 is 24.6. The minimum atomic E-state index is -2.83. The second kappa shape index (κ2) is 4.33. The van der Waals surface area contributed by atoms with Crippen LogP contribution in [0.5, 0.6) is 5.75 Å². The molecule has 1 heterocycles. The standard InChI is InChI=1S/C8H5BrF2N2O/c9-7-4(1-2-12)3-5(14)6(13-7)8(10)11/h3,8,14H,1H2. The van der Waals surface area contributed by atoms with Crippen molar-refractivity contribution < 1.29 is 13.9 Å². The lowest BCUT2D eigenvalue weighted by Crippen LogP contribution is -1.95. The fourth-order valence-electron chi connectivity index (χ4n) is 0.903. The summed E-state index contributed by atoms with van der Waals surface area (Å²) in [6.45, 7) is 0. The van der Waals surface area contributed by atoms with Gasteiger partial charge in [0.1, 0.15) is 16.0 Å².